The average Bonchev–Trinajstić information content (AvgIpc) is 3.88. The third-order valence-electron chi connectivity index (χ3n) is 8.80. The Morgan fingerprint density at radius 3 is 2.21 bits per heavy atom. The first-order chi connectivity index (χ1) is 20.6. The molecule has 42 heavy (non-hydrogen) atoms. The van der Waals surface area contributed by atoms with Crippen molar-refractivity contribution in [3.05, 3.63) is 95.1 Å². The van der Waals surface area contributed by atoms with Crippen LogP contribution in [0.2, 0.25) is 0 Å². The van der Waals surface area contributed by atoms with Crippen LogP contribution < -0.4 is 14.8 Å². The zero-order valence-corrected chi connectivity index (χ0v) is 24.6. The Morgan fingerprint density at radius 1 is 0.929 bits per heavy atom. The summed E-state index contributed by atoms with van der Waals surface area (Å²) in [6.45, 7) is 2.10. The van der Waals surface area contributed by atoms with E-state index in [4.69, 9.17) is 19.5 Å². The number of hydrogen-bond acceptors (Lipinski definition) is 5. The number of amides is 1. The van der Waals surface area contributed by atoms with E-state index in [1.165, 1.54) is 11.1 Å². The van der Waals surface area contributed by atoms with Crippen molar-refractivity contribution in [2.45, 2.75) is 57.5 Å². The van der Waals surface area contributed by atoms with Crippen LogP contribution in [0.25, 0.3) is 0 Å². The maximum Gasteiger partial charge on any atom is 0.226 e. The van der Waals surface area contributed by atoms with Crippen molar-refractivity contribution in [1.82, 2.24) is 10.2 Å². The summed E-state index contributed by atoms with van der Waals surface area (Å²) in [6.07, 6.45) is 6.16. The SMILES string of the molecule is COc1cc2c(cc1OC)C(=NC1CC1)N=C(N1CCC(Cc3ccccc3)(C(=O)NCc3ccccc3)CC1)CC2. The highest BCUT2D eigenvalue weighted by molar-refractivity contribution is 6.09. The van der Waals surface area contributed by atoms with Gasteiger partial charge in [0.2, 0.25) is 5.91 Å². The number of likely N-dealkylation sites (tertiary alicyclic amines) is 1. The number of carbonyl (C=O) groups is 1. The number of carbonyl (C=O) groups excluding carboxylic acids is 1. The average molecular weight is 565 g/mol. The van der Waals surface area contributed by atoms with Gasteiger partial charge in [0.25, 0.3) is 0 Å². The predicted octanol–water partition coefficient (Wildman–Crippen LogP) is 5.60. The Morgan fingerprint density at radius 2 is 1.57 bits per heavy atom. The summed E-state index contributed by atoms with van der Waals surface area (Å²) in [6, 6.07) is 25.0. The maximum atomic E-state index is 13.9. The van der Waals surface area contributed by atoms with Crippen molar-refractivity contribution >= 4 is 17.6 Å². The molecule has 3 aromatic carbocycles. The molecule has 6 rings (SSSR count). The molecule has 0 spiro atoms. The minimum atomic E-state index is -0.466. The van der Waals surface area contributed by atoms with Crippen molar-refractivity contribution in [2.75, 3.05) is 27.3 Å². The number of hydrogen-bond donors (Lipinski definition) is 1. The third-order valence-corrected chi connectivity index (χ3v) is 8.80. The highest BCUT2D eigenvalue weighted by Crippen LogP contribution is 2.38. The molecule has 1 saturated carbocycles. The minimum absolute atomic E-state index is 0.139. The van der Waals surface area contributed by atoms with Gasteiger partial charge in [0, 0.05) is 31.6 Å². The quantitative estimate of drug-likeness (QED) is 0.387. The molecule has 7 heteroatoms. The van der Waals surface area contributed by atoms with Gasteiger partial charge in [0.15, 0.2) is 17.3 Å². The fourth-order valence-electron chi connectivity index (χ4n) is 6.15. The summed E-state index contributed by atoms with van der Waals surface area (Å²) in [5.41, 5.74) is 4.06. The zero-order valence-electron chi connectivity index (χ0n) is 24.6. The first kappa shape index (κ1) is 28.0. The van der Waals surface area contributed by atoms with Crippen molar-refractivity contribution in [3.8, 4) is 11.5 Å². The van der Waals surface area contributed by atoms with E-state index in [1.807, 2.05) is 30.3 Å². The van der Waals surface area contributed by atoms with Crippen LogP contribution in [0.1, 0.15) is 54.4 Å². The number of rotatable bonds is 8. The molecule has 0 bridgehead atoms. The Bertz CT molecular complexity index is 1460. The molecular formula is C35H40N4O3. The summed E-state index contributed by atoms with van der Waals surface area (Å²) >= 11 is 0. The fraction of sp³-hybridized carbons (Fsp3) is 0.400. The number of piperidine rings is 1. The van der Waals surface area contributed by atoms with Gasteiger partial charge in [-0.3, -0.25) is 9.79 Å². The topological polar surface area (TPSA) is 75.5 Å². The Hall–Kier alpha value is -4.13. The Kier molecular flexibility index (Phi) is 8.27. The van der Waals surface area contributed by atoms with Crippen molar-refractivity contribution in [3.63, 3.8) is 0 Å². The van der Waals surface area contributed by atoms with Gasteiger partial charge < -0.3 is 19.7 Å². The van der Waals surface area contributed by atoms with Crippen LogP contribution in [0.3, 0.4) is 0 Å². The van der Waals surface area contributed by atoms with Crippen LogP contribution in [0, 0.1) is 5.41 Å². The standard InChI is InChI=1S/C35H40N4O3/c1-41-30-21-27-13-16-32(38-33(37-28-14-15-28)29(27)22-31(30)42-2)39-19-17-35(18-20-39,23-25-9-5-3-6-10-25)34(40)36-24-26-11-7-4-8-12-26/h3-12,21-22,28H,13-20,23-24H2,1-2H3,(H,36,40). The lowest BCUT2D eigenvalue weighted by Gasteiger charge is -2.42. The van der Waals surface area contributed by atoms with Crippen LogP contribution in [0.15, 0.2) is 82.8 Å². The van der Waals surface area contributed by atoms with Crippen LogP contribution in [-0.4, -0.2) is 55.8 Å². The molecule has 1 N–H and O–H groups in total. The van der Waals surface area contributed by atoms with E-state index in [2.05, 4.69) is 52.7 Å². The van der Waals surface area contributed by atoms with Crippen LogP contribution in [0.5, 0.6) is 11.5 Å². The molecule has 2 aliphatic heterocycles. The molecule has 3 aromatic rings. The maximum absolute atomic E-state index is 13.9. The second-order valence-corrected chi connectivity index (χ2v) is 11.7. The van der Waals surface area contributed by atoms with E-state index in [9.17, 15) is 4.79 Å². The van der Waals surface area contributed by atoms with E-state index in [0.717, 1.165) is 86.6 Å². The van der Waals surface area contributed by atoms with E-state index in [1.54, 1.807) is 14.2 Å². The van der Waals surface area contributed by atoms with Gasteiger partial charge in [0.1, 0.15) is 5.84 Å². The molecule has 1 saturated heterocycles. The second-order valence-electron chi connectivity index (χ2n) is 11.7. The van der Waals surface area contributed by atoms with E-state index < -0.39 is 5.41 Å². The monoisotopic (exact) mass is 564 g/mol. The second kappa shape index (κ2) is 12.4. The molecule has 0 radical (unpaired) electrons. The summed E-state index contributed by atoms with van der Waals surface area (Å²) in [5.74, 6) is 3.42. The van der Waals surface area contributed by atoms with Crippen molar-refractivity contribution in [1.29, 1.82) is 0 Å². The number of amidine groups is 2. The lowest BCUT2D eigenvalue weighted by Crippen LogP contribution is -2.51. The van der Waals surface area contributed by atoms with Crippen molar-refractivity contribution < 1.29 is 14.3 Å². The molecule has 7 nitrogen and oxygen atoms in total. The van der Waals surface area contributed by atoms with Crippen molar-refractivity contribution in [2.24, 2.45) is 15.4 Å². The molecule has 3 aliphatic rings. The molecule has 1 aliphatic carbocycles. The van der Waals surface area contributed by atoms with Gasteiger partial charge in [-0.15, -0.1) is 0 Å². The van der Waals surface area contributed by atoms with Gasteiger partial charge in [-0.05, 0) is 67.3 Å². The van der Waals surface area contributed by atoms with E-state index in [-0.39, 0.29) is 5.91 Å². The number of aliphatic imine (C=N–C) groups is 2. The van der Waals surface area contributed by atoms with Gasteiger partial charge in [-0.1, -0.05) is 60.7 Å². The van der Waals surface area contributed by atoms with Gasteiger partial charge in [-0.2, -0.15) is 0 Å². The number of nitrogens with zero attached hydrogens (tertiary/aromatic N) is 3. The highest BCUT2D eigenvalue weighted by Gasteiger charge is 2.42. The fourth-order valence-corrected chi connectivity index (χ4v) is 6.15. The number of ether oxygens (including phenoxy) is 2. The van der Waals surface area contributed by atoms with Gasteiger partial charge >= 0.3 is 0 Å². The largest absolute Gasteiger partial charge is 0.493 e. The summed E-state index contributed by atoms with van der Waals surface area (Å²) < 4.78 is 11.2. The smallest absolute Gasteiger partial charge is 0.226 e. The molecule has 0 aromatic heterocycles. The lowest BCUT2D eigenvalue weighted by atomic mass is 9.72. The van der Waals surface area contributed by atoms with Crippen LogP contribution in [-0.2, 0) is 24.2 Å². The summed E-state index contributed by atoms with van der Waals surface area (Å²) in [4.78, 5) is 26.5. The predicted molar refractivity (Wildman–Crippen MR) is 167 cm³/mol. The molecule has 1 amide bonds. The third kappa shape index (κ3) is 6.20. The number of methoxy groups -OCH3 is 2. The van der Waals surface area contributed by atoms with Crippen LogP contribution in [0.4, 0.5) is 0 Å². The highest BCUT2D eigenvalue weighted by atomic mass is 16.5. The Labute approximate surface area is 248 Å². The van der Waals surface area contributed by atoms with Gasteiger partial charge in [-0.25, -0.2) is 4.99 Å². The normalized spacial score (nSPS) is 19.0. The zero-order chi connectivity index (χ0) is 28.9. The molecule has 2 heterocycles. The first-order valence-electron chi connectivity index (χ1n) is 15.1. The summed E-state index contributed by atoms with van der Waals surface area (Å²) in [5, 5.41) is 3.27. The number of benzene rings is 3. The number of nitrogens with one attached hydrogen (secondary N) is 1. The molecule has 0 unspecified atom stereocenters. The first-order valence-corrected chi connectivity index (χ1v) is 15.1. The summed E-state index contributed by atoms with van der Waals surface area (Å²) in [7, 11) is 3.34. The minimum Gasteiger partial charge on any atom is -0.493 e. The molecule has 0 atom stereocenters. The van der Waals surface area contributed by atoms with E-state index in [0.29, 0.717) is 18.3 Å². The Balaban J connectivity index is 1.23. The number of aryl methyl sites for hydroxylation is 1. The molecule has 218 valence electrons. The van der Waals surface area contributed by atoms with Gasteiger partial charge in [0.05, 0.1) is 25.7 Å². The molecular weight excluding hydrogens is 524 g/mol. The lowest BCUT2D eigenvalue weighted by molar-refractivity contribution is -0.133. The molecule has 2 fully saturated rings. The number of fused-ring (bicyclic) bond motifs is 1. The van der Waals surface area contributed by atoms with E-state index >= 15 is 0 Å². The van der Waals surface area contributed by atoms with Crippen LogP contribution >= 0.6 is 0 Å².